The van der Waals surface area contributed by atoms with Crippen LogP contribution in [0.2, 0.25) is 0 Å². The second-order valence-corrected chi connectivity index (χ2v) is 7.74. The first kappa shape index (κ1) is 18.9. The maximum Gasteiger partial charge on any atom is 0.258 e. The van der Waals surface area contributed by atoms with E-state index in [1.165, 1.54) is 5.56 Å². The highest BCUT2D eigenvalue weighted by Crippen LogP contribution is 2.33. The lowest BCUT2D eigenvalue weighted by molar-refractivity contribution is 0.787. The van der Waals surface area contributed by atoms with Crippen LogP contribution in [0, 0.1) is 11.8 Å². The fourth-order valence-electron chi connectivity index (χ4n) is 4.22. The average Bonchev–Trinajstić information content (AvgIpc) is 3.27. The molecule has 6 heteroatoms. The molecule has 3 aromatic rings. The highest BCUT2D eigenvalue weighted by atomic mass is 16.3. The quantitative estimate of drug-likeness (QED) is 0.381. The largest absolute Gasteiger partial charge is 0.327 e. The van der Waals surface area contributed by atoms with Crippen LogP contribution in [0.25, 0.3) is 33.4 Å². The van der Waals surface area contributed by atoms with Crippen LogP contribution in [0.4, 0.5) is 5.69 Å². The Hall–Kier alpha value is -4.06. The highest BCUT2D eigenvalue weighted by Gasteiger charge is 2.19. The molecule has 5 rings (SSSR count). The van der Waals surface area contributed by atoms with Gasteiger partial charge in [0.15, 0.2) is 0 Å². The summed E-state index contributed by atoms with van der Waals surface area (Å²) in [5, 5.41) is 3.96. The summed E-state index contributed by atoms with van der Waals surface area (Å²) in [6, 6.07) is 19.2. The Bertz CT molecular complexity index is 1460. The molecule has 0 fully saturated rings. The van der Waals surface area contributed by atoms with Crippen molar-refractivity contribution >= 4 is 16.6 Å². The first-order chi connectivity index (χ1) is 15.1. The number of hydrogen-bond donors (Lipinski definition) is 0. The van der Waals surface area contributed by atoms with Crippen molar-refractivity contribution in [3.05, 3.63) is 99.4 Å². The number of pyridine rings is 2. The van der Waals surface area contributed by atoms with Gasteiger partial charge in [-0.3, -0.25) is 4.79 Å². The third kappa shape index (κ3) is 3.13. The Morgan fingerprint density at radius 3 is 2.55 bits per heavy atom. The summed E-state index contributed by atoms with van der Waals surface area (Å²) >= 11 is 0. The van der Waals surface area contributed by atoms with Crippen molar-refractivity contribution in [1.82, 2.24) is 14.1 Å². The molecule has 1 aromatic heterocycles. The van der Waals surface area contributed by atoms with Gasteiger partial charge < -0.3 is 9.13 Å². The van der Waals surface area contributed by atoms with Gasteiger partial charge in [-0.05, 0) is 53.1 Å². The Morgan fingerprint density at radius 1 is 0.968 bits per heavy atom. The first-order valence-corrected chi connectivity index (χ1v) is 10.0. The Kier molecular flexibility index (Phi) is 4.47. The van der Waals surface area contributed by atoms with Crippen molar-refractivity contribution in [3.63, 3.8) is 0 Å². The topological polar surface area (TPSA) is 69.2 Å². The zero-order chi connectivity index (χ0) is 21.5. The summed E-state index contributed by atoms with van der Waals surface area (Å²) in [5.41, 5.74) is 5.30. The summed E-state index contributed by atoms with van der Waals surface area (Å²) < 4.78 is 3.78. The zero-order valence-electron chi connectivity index (χ0n) is 17.2. The van der Waals surface area contributed by atoms with Crippen LogP contribution in [0.5, 0.6) is 0 Å². The van der Waals surface area contributed by atoms with Crippen molar-refractivity contribution in [1.29, 1.82) is 0 Å². The van der Waals surface area contributed by atoms with Gasteiger partial charge in [0.25, 0.3) is 5.56 Å². The smallest absolute Gasteiger partial charge is 0.258 e. The predicted molar refractivity (Wildman–Crippen MR) is 123 cm³/mol. The molecule has 0 aliphatic carbocycles. The monoisotopic (exact) mass is 408 g/mol. The molecule has 2 aromatic carbocycles. The molecule has 0 saturated carbocycles. The minimum Gasteiger partial charge on any atom is -0.327 e. The van der Waals surface area contributed by atoms with E-state index in [4.69, 9.17) is 0 Å². The van der Waals surface area contributed by atoms with Gasteiger partial charge in [0, 0.05) is 42.5 Å². The molecule has 0 N–H and O–H groups in total. The normalized spacial score (nSPS) is 11.3. The van der Waals surface area contributed by atoms with E-state index in [0.29, 0.717) is 17.8 Å². The number of fused-ring (bicyclic) bond motifs is 3. The minimum atomic E-state index is -0.123. The zero-order valence-corrected chi connectivity index (χ0v) is 17.2. The van der Waals surface area contributed by atoms with Crippen LogP contribution in [-0.4, -0.2) is 14.1 Å². The van der Waals surface area contributed by atoms with Crippen molar-refractivity contribution < 1.29 is 0 Å². The molecule has 0 unspecified atom stereocenters. The van der Waals surface area contributed by atoms with Crippen molar-refractivity contribution in [3.8, 4) is 22.5 Å². The molecule has 0 atom stereocenters. The molecule has 6 nitrogen and oxygen atoms in total. The summed E-state index contributed by atoms with van der Waals surface area (Å²) in [4.78, 5) is 28.9. The summed E-state index contributed by atoms with van der Waals surface area (Å²) in [5.74, 6) is 0.836. The molecule has 2 aliphatic heterocycles. The number of rotatable bonds is 4. The number of benzene rings is 2. The molecule has 3 heterocycles. The Balaban J connectivity index is 1.79. The second kappa shape index (κ2) is 7.32. The van der Waals surface area contributed by atoms with Gasteiger partial charge >= 0.3 is 0 Å². The summed E-state index contributed by atoms with van der Waals surface area (Å²) in [6.45, 7) is 2.60. The minimum absolute atomic E-state index is 0.123. The fourth-order valence-corrected chi connectivity index (χ4v) is 4.22. The second-order valence-electron chi connectivity index (χ2n) is 7.74. The summed E-state index contributed by atoms with van der Waals surface area (Å²) in [7, 11) is 1.78. The van der Waals surface area contributed by atoms with Gasteiger partial charge in [-0.25, -0.2) is 4.98 Å². The molecule has 152 valence electrons. The molecule has 0 radical (unpaired) electrons. The van der Waals surface area contributed by atoms with Crippen LogP contribution < -0.4 is 5.56 Å². The van der Waals surface area contributed by atoms with E-state index in [1.807, 2.05) is 49.5 Å². The third-order valence-electron chi connectivity index (χ3n) is 5.76. The Morgan fingerprint density at radius 2 is 1.77 bits per heavy atom. The van der Waals surface area contributed by atoms with Gasteiger partial charge in [-0.1, -0.05) is 36.4 Å². The lowest BCUT2D eigenvalue weighted by Crippen LogP contribution is -2.20. The fraction of sp³-hybridized carbons (Fsp3) is 0.120. The molecule has 0 amide bonds. The van der Waals surface area contributed by atoms with E-state index in [0.717, 1.165) is 33.4 Å². The maximum atomic E-state index is 13.3. The van der Waals surface area contributed by atoms with Gasteiger partial charge in [-0.2, -0.15) is 0 Å². The van der Waals surface area contributed by atoms with Gasteiger partial charge in [0.2, 0.25) is 0 Å². The van der Waals surface area contributed by atoms with Crippen molar-refractivity contribution in [2.24, 2.45) is 12.2 Å². The standard InChI is InChI=1S/C25H20N4O2/c1-16-8-9-19(27-31)13-21(16)22-12-18-15-29(14-17-6-4-3-5-7-17)24-20(10-11-26-24)23(18)28(2)25(22)30/h3-13,15H,14H2,1-2H3. The maximum absolute atomic E-state index is 13.3. The van der Waals surface area contributed by atoms with Crippen LogP contribution in [-0.2, 0) is 13.6 Å². The summed E-state index contributed by atoms with van der Waals surface area (Å²) in [6.07, 6.45) is 3.81. The lowest BCUT2D eigenvalue weighted by Gasteiger charge is -2.18. The molecule has 2 aliphatic rings. The van der Waals surface area contributed by atoms with E-state index in [1.54, 1.807) is 29.9 Å². The van der Waals surface area contributed by atoms with Crippen molar-refractivity contribution in [2.75, 3.05) is 0 Å². The highest BCUT2D eigenvalue weighted by molar-refractivity contribution is 5.95. The number of aromatic nitrogens is 3. The van der Waals surface area contributed by atoms with Gasteiger partial charge in [0.05, 0.1) is 5.52 Å². The van der Waals surface area contributed by atoms with Crippen molar-refractivity contribution in [2.45, 2.75) is 13.5 Å². The van der Waals surface area contributed by atoms with Crippen LogP contribution in [0.15, 0.2) is 83.0 Å². The van der Waals surface area contributed by atoms with Gasteiger partial charge in [-0.15, -0.1) is 4.91 Å². The molecule has 0 spiro atoms. The number of hydrogen-bond acceptors (Lipinski definition) is 4. The first-order valence-electron chi connectivity index (χ1n) is 10.0. The van der Waals surface area contributed by atoms with E-state index in [2.05, 4.69) is 26.9 Å². The molecule has 0 bridgehead atoms. The molecule has 0 saturated heterocycles. The van der Waals surface area contributed by atoms with E-state index in [-0.39, 0.29) is 5.56 Å². The SMILES string of the molecule is Cc1ccc(N=O)cc1-c1cc2cn(Cc3ccccc3)c3nccc-3c2n(C)c1=O. The third-order valence-corrected chi connectivity index (χ3v) is 5.76. The molecular formula is C25H20N4O2. The average molecular weight is 408 g/mol. The van der Waals surface area contributed by atoms with Gasteiger partial charge in [0.1, 0.15) is 11.5 Å². The van der Waals surface area contributed by atoms with E-state index >= 15 is 0 Å². The predicted octanol–water partition coefficient (Wildman–Crippen LogP) is 5.26. The van der Waals surface area contributed by atoms with Crippen LogP contribution in [0.3, 0.4) is 0 Å². The van der Waals surface area contributed by atoms with Crippen LogP contribution in [0.1, 0.15) is 11.1 Å². The van der Waals surface area contributed by atoms with Crippen LogP contribution >= 0.6 is 0 Å². The molecular weight excluding hydrogens is 388 g/mol. The molecule has 31 heavy (non-hydrogen) atoms. The Labute approximate surface area is 178 Å². The number of nitrogens with zero attached hydrogens (tertiary/aromatic N) is 4. The number of nitroso groups, excluding NO2 is 1. The van der Waals surface area contributed by atoms with E-state index < -0.39 is 0 Å². The van der Waals surface area contributed by atoms with E-state index in [9.17, 15) is 9.70 Å². The lowest BCUT2D eigenvalue weighted by atomic mass is 9.99. The number of aryl methyl sites for hydroxylation is 2.